The molecule has 0 bridgehead atoms. The minimum absolute atomic E-state index is 0.0734. The van der Waals surface area contributed by atoms with Gasteiger partial charge in [-0.15, -0.1) is 0 Å². The molecule has 0 spiro atoms. The first-order chi connectivity index (χ1) is 12.8. The predicted molar refractivity (Wildman–Crippen MR) is 100 cm³/mol. The van der Waals surface area contributed by atoms with E-state index in [1.807, 2.05) is 0 Å². The molecule has 1 saturated heterocycles. The SMILES string of the molecule is CCOC(=O)C1CCN(S(=O)(=O)c2ccc(OCC)c(NC(C)=O)c2)CC1. The predicted octanol–water partition coefficient (Wildman–Crippen LogP) is 2.01. The Morgan fingerprint density at radius 2 is 1.85 bits per heavy atom. The minimum atomic E-state index is -3.74. The number of nitrogens with zero attached hydrogens (tertiary/aromatic N) is 1. The van der Waals surface area contributed by atoms with Crippen LogP contribution in [-0.2, 0) is 24.3 Å². The summed E-state index contributed by atoms with van der Waals surface area (Å²) in [5.74, 6) is -0.455. The molecule has 1 amide bonds. The van der Waals surface area contributed by atoms with Crippen LogP contribution in [0.4, 0.5) is 5.69 Å². The summed E-state index contributed by atoms with van der Waals surface area (Å²) in [4.78, 5) is 23.3. The van der Waals surface area contributed by atoms with Crippen LogP contribution in [0.2, 0.25) is 0 Å². The summed E-state index contributed by atoms with van der Waals surface area (Å²) in [5, 5.41) is 2.60. The first-order valence-electron chi connectivity index (χ1n) is 9.00. The Morgan fingerprint density at radius 1 is 1.19 bits per heavy atom. The fourth-order valence-corrected chi connectivity index (χ4v) is 4.48. The van der Waals surface area contributed by atoms with Crippen LogP contribution >= 0.6 is 0 Å². The van der Waals surface area contributed by atoms with E-state index in [2.05, 4.69) is 5.32 Å². The number of anilines is 1. The molecule has 0 saturated carbocycles. The smallest absolute Gasteiger partial charge is 0.309 e. The Morgan fingerprint density at radius 3 is 2.41 bits per heavy atom. The Bertz CT molecular complexity index is 785. The third-order valence-corrected chi connectivity index (χ3v) is 6.17. The lowest BCUT2D eigenvalue weighted by molar-refractivity contribution is -0.149. The maximum atomic E-state index is 13.0. The number of piperidine rings is 1. The zero-order valence-electron chi connectivity index (χ0n) is 15.9. The van der Waals surface area contributed by atoms with Crippen molar-refractivity contribution in [1.82, 2.24) is 4.31 Å². The van der Waals surface area contributed by atoms with Gasteiger partial charge in [-0.1, -0.05) is 0 Å². The number of benzene rings is 1. The maximum absolute atomic E-state index is 13.0. The lowest BCUT2D eigenvalue weighted by Crippen LogP contribution is -2.40. The van der Waals surface area contributed by atoms with Crippen molar-refractivity contribution in [2.45, 2.75) is 38.5 Å². The Balaban J connectivity index is 2.19. The fraction of sp³-hybridized carbons (Fsp3) is 0.556. The van der Waals surface area contributed by atoms with Crippen LogP contribution in [0.15, 0.2) is 23.1 Å². The number of hydrogen-bond acceptors (Lipinski definition) is 6. The number of sulfonamides is 1. The molecule has 1 fully saturated rings. The van der Waals surface area contributed by atoms with Gasteiger partial charge in [0.1, 0.15) is 5.75 Å². The fourth-order valence-electron chi connectivity index (χ4n) is 2.98. The number of rotatable bonds is 7. The van der Waals surface area contributed by atoms with E-state index in [4.69, 9.17) is 9.47 Å². The first kappa shape index (κ1) is 21.2. The van der Waals surface area contributed by atoms with Crippen LogP contribution in [0.5, 0.6) is 5.75 Å². The minimum Gasteiger partial charge on any atom is -0.492 e. The van der Waals surface area contributed by atoms with Crippen molar-refractivity contribution >= 4 is 27.6 Å². The number of carbonyl (C=O) groups is 2. The molecule has 27 heavy (non-hydrogen) atoms. The van der Waals surface area contributed by atoms with Crippen molar-refractivity contribution in [2.75, 3.05) is 31.6 Å². The molecule has 1 aliphatic heterocycles. The molecule has 8 nitrogen and oxygen atoms in total. The van der Waals surface area contributed by atoms with E-state index in [1.165, 1.54) is 29.4 Å². The second-order valence-electron chi connectivity index (χ2n) is 6.20. The van der Waals surface area contributed by atoms with Crippen LogP contribution in [0.25, 0.3) is 0 Å². The second kappa shape index (κ2) is 9.18. The standard InChI is InChI=1S/C18H26N2O6S/c1-4-25-17-7-6-15(12-16(17)19-13(3)21)27(23,24)20-10-8-14(9-11-20)18(22)26-5-2/h6-7,12,14H,4-5,8-11H2,1-3H3,(H,19,21). The van der Waals surface area contributed by atoms with E-state index in [-0.39, 0.29) is 35.8 Å². The number of esters is 1. The Kier molecular flexibility index (Phi) is 7.20. The van der Waals surface area contributed by atoms with Crippen LogP contribution in [0, 0.1) is 5.92 Å². The molecule has 1 aromatic rings. The molecule has 0 aromatic heterocycles. The molecule has 1 N–H and O–H groups in total. The molecule has 1 heterocycles. The van der Waals surface area contributed by atoms with Gasteiger partial charge in [-0.25, -0.2) is 8.42 Å². The van der Waals surface area contributed by atoms with Gasteiger partial charge < -0.3 is 14.8 Å². The Labute approximate surface area is 159 Å². The van der Waals surface area contributed by atoms with Crippen LogP contribution < -0.4 is 10.1 Å². The summed E-state index contributed by atoms with van der Waals surface area (Å²) in [6, 6.07) is 4.40. The highest BCUT2D eigenvalue weighted by Gasteiger charge is 2.33. The third kappa shape index (κ3) is 5.20. The van der Waals surface area contributed by atoms with E-state index >= 15 is 0 Å². The van der Waals surface area contributed by atoms with E-state index in [0.29, 0.717) is 37.5 Å². The quantitative estimate of drug-likeness (QED) is 0.705. The average Bonchev–Trinajstić information content (AvgIpc) is 2.63. The summed E-state index contributed by atoms with van der Waals surface area (Å²) in [7, 11) is -3.74. The van der Waals surface area contributed by atoms with Crippen molar-refractivity contribution in [3.8, 4) is 5.75 Å². The first-order valence-corrected chi connectivity index (χ1v) is 10.4. The van der Waals surface area contributed by atoms with Crippen molar-refractivity contribution in [1.29, 1.82) is 0 Å². The van der Waals surface area contributed by atoms with E-state index in [9.17, 15) is 18.0 Å². The van der Waals surface area contributed by atoms with Gasteiger partial charge in [-0.2, -0.15) is 4.31 Å². The summed E-state index contributed by atoms with van der Waals surface area (Å²) in [6.07, 6.45) is 0.849. The van der Waals surface area contributed by atoms with Gasteiger partial charge in [0.2, 0.25) is 15.9 Å². The van der Waals surface area contributed by atoms with Gasteiger partial charge in [0.05, 0.1) is 29.7 Å². The van der Waals surface area contributed by atoms with Crippen molar-refractivity contribution in [3.63, 3.8) is 0 Å². The second-order valence-corrected chi connectivity index (χ2v) is 8.14. The number of amides is 1. The van der Waals surface area contributed by atoms with Gasteiger partial charge in [-0.05, 0) is 44.9 Å². The average molecular weight is 398 g/mol. The van der Waals surface area contributed by atoms with Crippen molar-refractivity contribution in [3.05, 3.63) is 18.2 Å². The van der Waals surface area contributed by atoms with Gasteiger partial charge in [-0.3, -0.25) is 9.59 Å². The largest absolute Gasteiger partial charge is 0.492 e. The highest BCUT2D eigenvalue weighted by atomic mass is 32.2. The highest BCUT2D eigenvalue weighted by Crippen LogP contribution is 2.31. The third-order valence-electron chi connectivity index (χ3n) is 4.27. The summed E-state index contributed by atoms with van der Waals surface area (Å²) in [5.41, 5.74) is 0.312. The molecule has 150 valence electrons. The molecule has 0 unspecified atom stereocenters. The summed E-state index contributed by atoms with van der Waals surface area (Å²) in [6.45, 7) is 6.08. The lowest BCUT2D eigenvalue weighted by Gasteiger charge is -2.30. The van der Waals surface area contributed by atoms with E-state index < -0.39 is 10.0 Å². The number of nitrogens with one attached hydrogen (secondary N) is 1. The van der Waals surface area contributed by atoms with Crippen LogP contribution in [-0.4, -0.2) is 50.9 Å². The molecule has 0 radical (unpaired) electrons. The zero-order chi connectivity index (χ0) is 20.0. The van der Waals surface area contributed by atoms with Crippen LogP contribution in [0.1, 0.15) is 33.6 Å². The summed E-state index contributed by atoms with van der Waals surface area (Å²) < 4.78 is 37.7. The van der Waals surface area contributed by atoms with E-state index in [0.717, 1.165) is 0 Å². The molecular formula is C18H26N2O6S. The number of hydrogen-bond donors (Lipinski definition) is 1. The summed E-state index contributed by atoms with van der Waals surface area (Å²) >= 11 is 0. The monoisotopic (exact) mass is 398 g/mol. The lowest BCUT2D eigenvalue weighted by atomic mass is 9.98. The molecule has 1 aliphatic rings. The Hall–Kier alpha value is -2.13. The van der Waals surface area contributed by atoms with E-state index in [1.54, 1.807) is 13.8 Å². The van der Waals surface area contributed by atoms with Gasteiger partial charge in [0.15, 0.2) is 0 Å². The molecule has 2 rings (SSSR count). The molecule has 1 aromatic carbocycles. The van der Waals surface area contributed by atoms with Gasteiger partial charge in [0, 0.05) is 20.0 Å². The number of ether oxygens (including phenoxy) is 2. The molecular weight excluding hydrogens is 372 g/mol. The van der Waals surface area contributed by atoms with Gasteiger partial charge >= 0.3 is 5.97 Å². The van der Waals surface area contributed by atoms with Crippen molar-refractivity contribution < 1.29 is 27.5 Å². The molecule has 0 atom stereocenters. The van der Waals surface area contributed by atoms with Crippen LogP contribution in [0.3, 0.4) is 0 Å². The number of carbonyl (C=O) groups excluding carboxylic acids is 2. The van der Waals surface area contributed by atoms with Crippen molar-refractivity contribution in [2.24, 2.45) is 5.92 Å². The topological polar surface area (TPSA) is 102 Å². The zero-order valence-corrected chi connectivity index (χ0v) is 16.7. The molecule has 9 heteroatoms. The normalized spacial score (nSPS) is 16.0. The molecule has 0 aliphatic carbocycles. The van der Waals surface area contributed by atoms with Gasteiger partial charge in [0.25, 0.3) is 0 Å². The maximum Gasteiger partial charge on any atom is 0.309 e. The highest BCUT2D eigenvalue weighted by molar-refractivity contribution is 7.89.